The molecule has 8 rings (SSSR count). The van der Waals surface area contributed by atoms with Crippen LogP contribution in [0.2, 0.25) is 0 Å². The maximum absolute atomic E-state index is 13.1. The molecule has 0 N–H and O–H groups in total. The number of halogens is 1. The summed E-state index contributed by atoms with van der Waals surface area (Å²) in [5, 5.41) is 0. The number of fused-ring (bicyclic) bond motifs is 1. The number of hydrogen-bond donors (Lipinski definition) is 0. The van der Waals surface area contributed by atoms with Crippen LogP contribution in [0.5, 0.6) is 0 Å². The first-order valence-corrected chi connectivity index (χ1v) is 11.7. The summed E-state index contributed by atoms with van der Waals surface area (Å²) in [4.78, 5) is 27.6. The van der Waals surface area contributed by atoms with Crippen molar-refractivity contribution in [3.05, 3.63) is 133 Å². The van der Waals surface area contributed by atoms with Crippen molar-refractivity contribution >= 4 is 40.1 Å². The molecule has 0 saturated heterocycles. The predicted octanol–water partition coefficient (Wildman–Crippen LogP) is 6.08. The van der Waals surface area contributed by atoms with Crippen LogP contribution >= 0.6 is 22.6 Å². The van der Waals surface area contributed by atoms with Crippen LogP contribution in [0.1, 0.15) is 65.9 Å². The molecule has 0 unspecified atom stereocenters. The molecule has 0 atom stereocenters. The Morgan fingerprint density at radius 1 is 0.594 bits per heavy atom. The van der Waals surface area contributed by atoms with Crippen molar-refractivity contribution in [1.82, 2.24) is 0 Å². The lowest BCUT2D eigenvalue weighted by atomic mass is 9.61. The molecular formula is C28H16INO2. The second kappa shape index (κ2) is 6.39. The van der Waals surface area contributed by atoms with Gasteiger partial charge < -0.3 is 0 Å². The number of benzene rings is 4. The number of amides is 2. The van der Waals surface area contributed by atoms with Gasteiger partial charge in [0.05, 0.1) is 16.8 Å². The number of nitrogens with zero attached hydrogens (tertiary/aromatic N) is 1. The smallest absolute Gasteiger partial charge is 0.266 e. The van der Waals surface area contributed by atoms with Gasteiger partial charge in [0.25, 0.3) is 11.8 Å². The molecule has 0 radical (unpaired) electrons. The van der Waals surface area contributed by atoms with Gasteiger partial charge in [-0.05, 0) is 80.2 Å². The van der Waals surface area contributed by atoms with Crippen molar-refractivity contribution < 1.29 is 9.59 Å². The monoisotopic (exact) mass is 525 g/mol. The van der Waals surface area contributed by atoms with Crippen molar-refractivity contribution in [2.24, 2.45) is 0 Å². The normalized spacial score (nSPS) is 19.5. The van der Waals surface area contributed by atoms with E-state index in [-0.39, 0.29) is 23.7 Å². The minimum absolute atomic E-state index is 0.103. The molecule has 152 valence electrons. The van der Waals surface area contributed by atoms with Gasteiger partial charge in [0.2, 0.25) is 0 Å². The van der Waals surface area contributed by atoms with E-state index in [1.54, 1.807) is 24.3 Å². The Kier molecular flexibility index (Phi) is 3.66. The van der Waals surface area contributed by atoms with E-state index in [2.05, 4.69) is 77.2 Å². The topological polar surface area (TPSA) is 37.4 Å². The summed E-state index contributed by atoms with van der Waals surface area (Å²) in [5.41, 5.74) is 9.45. The summed E-state index contributed by atoms with van der Waals surface area (Å²) in [7, 11) is 0. The van der Waals surface area contributed by atoms with Gasteiger partial charge in [-0.15, -0.1) is 0 Å². The summed E-state index contributed by atoms with van der Waals surface area (Å²) >= 11 is 2.38. The van der Waals surface area contributed by atoms with Gasteiger partial charge in [-0.3, -0.25) is 9.59 Å². The number of carbonyl (C=O) groups excluding carboxylic acids is 2. The highest BCUT2D eigenvalue weighted by atomic mass is 127. The molecule has 1 aliphatic heterocycles. The number of anilines is 1. The molecule has 32 heavy (non-hydrogen) atoms. The van der Waals surface area contributed by atoms with Crippen LogP contribution in [0, 0.1) is 3.57 Å². The fraction of sp³-hybridized carbons (Fsp3) is 0.0714. The van der Waals surface area contributed by atoms with E-state index in [0.29, 0.717) is 16.8 Å². The third kappa shape index (κ3) is 2.20. The highest BCUT2D eigenvalue weighted by molar-refractivity contribution is 14.1. The molecular weight excluding hydrogens is 509 g/mol. The summed E-state index contributed by atoms with van der Waals surface area (Å²) in [5.74, 6) is -0.220. The fourth-order valence-corrected chi connectivity index (χ4v) is 6.72. The van der Waals surface area contributed by atoms with Gasteiger partial charge in [0, 0.05) is 15.4 Å². The second-order valence-electron chi connectivity index (χ2n) is 8.55. The average Bonchev–Trinajstić information content (AvgIpc) is 3.08. The first kappa shape index (κ1) is 18.3. The van der Waals surface area contributed by atoms with E-state index in [1.165, 1.54) is 38.3 Å². The SMILES string of the molecule is O=C1c2ccccc2C(=O)N1c1cc(I)c2c(c1)C1c3ccccc3C2c2ccccc21. The Bertz CT molecular complexity index is 1420. The molecule has 4 heteroatoms. The molecule has 2 bridgehead atoms. The van der Waals surface area contributed by atoms with Gasteiger partial charge in [0.15, 0.2) is 0 Å². The van der Waals surface area contributed by atoms with Gasteiger partial charge in [0.1, 0.15) is 0 Å². The second-order valence-corrected chi connectivity index (χ2v) is 9.71. The summed E-state index contributed by atoms with van der Waals surface area (Å²) in [6, 6.07) is 28.5. The molecule has 0 aromatic heterocycles. The molecule has 0 fully saturated rings. The largest absolute Gasteiger partial charge is 0.268 e. The highest BCUT2D eigenvalue weighted by Gasteiger charge is 2.43. The molecule has 2 amide bonds. The first-order valence-electron chi connectivity index (χ1n) is 10.6. The van der Waals surface area contributed by atoms with E-state index in [4.69, 9.17) is 0 Å². The summed E-state index contributed by atoms with van der Waals surface area (Å²) < 4.78 is 1.09. The maximum atomic E-state index is 13.1. The Morgan fingerprint density at radius 2 is 1.06 bits per heavy atom. The van der Waals surface area contributed by atoms with E-state index in [1.807, 2.05) is 6.07 Å². The molecule has 0 spiro atoms. The molecule has 4 aliphatic rings. The Morgan fingerprint density at radius 3 is 1.59 bits per heavy atom. The van der Waals surface area contributed by atoms with Crippen LogP contribution in [-0.4, -0.2) is 11.8 Å². The Balaban J connectivity index is 1.46. The molecule has 3 nitrogen and oxygen atoms in total. The fourth-order valence-electron chi connectivity index (χ4n) is 5.77. The van der Waals surface area contributed by atoms with E-state index >= 15 is 0 Å². The van der Waals surface area contributed by atoms with Crippen molar-refractivity contribution in [3.63, 3.8) is 0 Å². The lowest BCUT2D eigenvalue weighted by Crippen LogP contribution is -2.32. The third-order valence-corrected chi connectivity index (χ3v) is 7.93. The summed E-state index contributed by atoms with van der Waals surface area (Å²) in [6.07, 6.45) is 0. The van der Waals surface area contributed by atoms with Crippen LogP contribution in [0.4, 0.5) is 5.69 Å². The molecule has 1 heterocycles. The van der Waals surface area contributed by atoms with E-state index < -0.39 is 0 Å². The number of rotatable bonds is 1. The number of hydrogen-bond acceptors (Lipinski definition) is 2. The minimum atomic E-state index is -0.247. The van der Waals surface area contributed by atoms with Crippen molar-refractivity contribution in [2.75, 3.05) is 4.90 Å². The zero-order valence-electron chi connectivity index (χ0n) is 16.9. The molecule has 0 saturated carbocycles. The van der Waals surface area contributed by atoms with E-state index in [0.717, 1.165) is 3.57 Å². The average molecular weight is 525 g/mol. The summed E-state index contributed by atoms with van der Waals surface area (Å²) in [6.45, 7) is 0. The minimum Gasteiger partial charge on any atom is -0.268 e. The zero-order valence-corrected chi connectivity index (χ0v) is 19.0. The molecule has 4 aromatic rings. The lowest BCUT2D eigenvalue weighted by molar-refractivity contribution is 0.0926. The van der Waals surface area contributed by atoms with Gasteiger partial charge in [-0.1, -0.05) is 60.7 Å². The van der Waals surface area contributed by atoms with Crippen LogP contribution in [-0.2, 0) is 0 Å². The van der Waals surface area contributed by atoms with Crippen LogP contribution < -0.4 is 4.90 Å². The van der Waals surface area contributed by atoms with Gasteiger partial charge in [-0.25, -0.2) is 4.90 Å². The standard InChI is InChI=1S/C28H16INO2/c29-23-14-15(30-27(31)20-11-5-6-12-21(20)28(30)32)13-22-24-16-7-1-3-9-18(16)25(26(22)23)19-10-4-2-8-17(19)24/h1-14,24-25H. The lowest BCUT2D eigenvalue weighted by Gasteiger charge is -2.43. The Hall–Kier alpha value is -3.25. The first-order chi connectivity index (χ1) is 15.6. The van der Waals surface area contributed by atoms with Crippen molar-refractivity contribution in [3.8, 4) is 0 Å². The highest BCUT2D eigenvalue weighted by Crippen LogP contribution is 2.57. The number of imide groups is 1. The molecule has 3 aliphatic carbocycles. The van der Waals surface area contributed by atoms with Gasteiger partial charge >= 0.3 is 0 Å². The van der Waals surface area contributed by atoms with Crippen LogP contribution in [0.15, 0.2) is 84.9 Å². The van der Waals surface area contributed by atoms with Crippen LogP contribution in [0.3, 0.4) is 0 Å². The van der Waals surface area contributed by atoms with E-state index in [9.17, 15) is 9.59 Å². The Labute approximate surface area is 198 Å². The molecule has 4 aromatic carbocycles. The van der Waals surface area contributed by atoms with Crippen molar-refractivity contribution in [2.45, 2.75) is 11.8 Å². The van der Waals surface area contributed by atoms with Crippen LogP contribution in [0.25, 0.3) is 0 Å². The number of carbonyl (C=O) groups is 2. The third-order valence-electron chi connectivity index (χ3n) is 7.03. The zero-order chi connectivity index (χ0) is 21.6. The maximum Gasteiger partial charge on any atom is 0.266 e. The van der Waals surface area contributed by atoms with Gasteiger partial charge in [-0.2, -0.15) is 0 Å². The quantitative estimate of drug-likeness (QED) is 0.193. The predicted molar refractivity (Wildman–Crippen MR) is 132 cm³/mol. The van der Waals surface area contributed by atoms with Crippen molar-refractivity contribution in [1.29, 1.82) is 0 Å².